The Labute approximate surface area is 315 Å². The van der Waals surface area contributed by atoms with Gasteiger partial charge in [0.15, 0.2) is 5.79 Å². The number of rotatable bonds is 31. The van der Waals surface area contributed by atoms with Crippen molar-refractivity contribution in [3.05, 3.63) is 78.7 Å². The summed E-state index contributed by atoms with van der Waals surface area (Å²) in [5.74, 6) is -0.368. The molecule has 3 atom stereocenters. The predicted molar refractivity (Wildman–Crippen MR) is 220 cm³/mol. The molecule has 0 aromatic carbocycles. The number of hydrogen-bond acceptors (Lipinski definition) is 4. The first-order valence-electron chi connectivity index (χ1n) is 21.8. The van der Waals surface area contributed by atoms with Gasteiger partial charge < -0.3 is 9.47 Å². The van der Waals surface area contributed by atoms with Crippen LogP contribution in [0.3, 0.4) is 0 Å². The zero-order chi connectivity index (χ0) is 35.9. The largest absolute Gasteiger partial charge is 0.344 e. The molecule has 288 valence electrons. The molecule has 1 aromatic rings. The topological polar surface area (TPSA) is 34.6 Å². The Bertz CT molecular complexity index is 1070. The van der Waals surface area contributed by atoms with Gasteiger partial charge in [-0.2, -0.15) is 0 Å². The number of aromatic nitrogens is 1. The molecule has 0 spiro atoms. The molecule has 2 fully saturated rings. The number of unbranched alkanes of at least 4 members (excludes halogenated alkanes) is 17. The van der Waals surface area contributed by atoms with Crippen LogP contribution in [0.1, 0.15) is 186 Å². The zero-order valence-electron chi connectivity index (χ0n) is 33.3. The first-order valence-corrected chi connectivity index (χ1v) is 21.8. The monoisotopic (exact) mass is 703 g/mol. The van der Waals surface area contributed by atoms with E-state index in [-0.39, 0.29) is 18.0 Å². The smallest absolute Gasteiger partial charge is 0.169 e. The molecule has 0 aliphatic carbocycles. The van der Waals surface area contributed by atoms with Gasteiger partial charge in [-0.3, -0.25) is 9.88 Å². The van der Waals surface area contributed by atoms with E-state index < -0.39 is 0 Å². The molecule has 2 aliphatic rings. The summed E-state index contributed by atoms with van der Waals surface area (Å²) in [4.78, 5) is 6.75. The van der Waals surface area contributed by atoms with Gasteiger partial charge in [0.1, 0.15) is 0 Å². The lowest BCUT2D eigenvalue weighted by molar-refractivity contribution is -0.185. The van der Waals surface area contributed by atoms with E-state index in [0.29, 0.717) is 0 Å². The molecule has 4 nitrogen and oxygen atoms in total. The first-order chi connectivity index (χ1) is 25.2. The van der Waals surface area contributed by atoms with Crippen molar-refractivity contribution >= 4 is 0 Å². The number of ether oxygens (including phenoxy) is 2. The SMILES string of the molecule is CCCC/C=C\C/C=C\CCCCCCCCC1(CCCCCCCC/C=C\C/C=C\CCCCC)O[C@H]2CN(Cc3ccncc3)CC[C@H]2O1. The minimum atomic E-state index is -0.368. The van der Waals surface area contributed by atoms with E-state index in [1.807, 2.05) is 12.4 Å². The van der Waals surface area contributed by atoms with Crippen LogP contribution >= 0.6 is 0 Å². The fourth-order valence-corrected chi connectivity index (χ4v) is 7.61. The van der Waals surface area contributed by atoms with Crippen LogP contribution in [0.5, 0.6) is 0 Å². The number of allylic oxidation sites excluding steroid dienone is 8. The van der Waals surface area contributed by atoms with Crippen LogP contribution in [0.2, 0.25) is 0 Å². The van der Waals surface area contributed by atoms with Crippen molar-refractivity contribution in [2.45, 2.75) is 205 Å². The molecular formula is C47H78N2O2. The van der Waals surface area contributed by atoms with E-state index in [2.05, 4.69) is 84.5 Å². The Kier molecular flexibility index (Phi) is 25.1. The van der Waals surface area contributed by atoms with Crippen LogP contribution in [0, 0.1) is 0 Å². The third kappa shape index (κ3) is 20.7. The molecule has 0 radical (unpaired) electrons. The fourth-order valence-electron chi connectivity index (χ4n) is 7.61. The quantitative estimate of drug-likeness (QED) is 0.0570. The van der Waals surface area contributed by atoms with Crippen LogP contribution in [-0.2, 0) is 16.0 Å². The normalized spacial score (nSPS) is 21.3. The van der Waals surface area contributed by atoms with Crippen LogP contribution in [-0.4, -0.2) is 41.0 Å². The molecular weight excluding hydrogens is 625 g/mol. The number of pyridine rings is 1. The van der Waals surface area contributed by atoms with Crippen molar-refractivity contribution in [1.29, 1.82) is 0 Å². The number of likely N-dealkylation sites (tertiary alicyclic amines) is 1. The lowest BCUT2D eigenvalue weighted by Crippen LogP contribution is -2.44. The van der Waals surface area contributed by atoms with Crippen molar-refractivity contribution in [2.75, 3.05) is 13.1 Å². The van der Waals surface area contributed by atoms with Gasteiger partial charge in [-0.15, -0.1) is 0 Å². The van der Waals surface area contributed by atoms with Crippen molar-refractivity contribution < 1.29 is 9.47 Å². The molecule has 1 unspecified atom stereocenters. The third-order valence-corrected chi connectivity index (χ3v) is 10.7. The second-order valence-electron chi connectivity index (χ2n) is 15.4. The van der Waals surface area contributed by atoms with Crippen molar-refractivity contribution in [2.24, 2.45) is 0 Å². The van der Waals surface area contributed by atoms with Gasteiger partial charge >= 0.3 is 0 Å². The highest BCUT2D eigenvalue weighted by molar-refractivity contribution is 5.10. The summed E-state index contributed by atoms with van der Waals surface area (Å²) in [7, 11) is 0. The maximum absolute atomic E-state index is 6.96. The summed E-state index contributed by atoms with van der Waals surface area (Å²) in [6, 6.07) is 4.28. The number of piperidine rings is 1. The van der Waals surface area contributed by atoms with E-state index in [1.165, 1.54) is 140 Å². The molecule has 2 saturated heterocycles. The molecule has 2 aliphatic heterocycles. The third-order valence-electron chi connectivity index (χ3n) is 10.7. The van der Waals surface area contributed by atoms with Crippen molar-refractivity contribution in [3.63, 3.8) is 0 Å². The van der Waals surface area contributed by atoms with Crippen LogP contribution in [0.15, 0.2) is 73.1 Å². The highest BCUT2D eigenvalue weighted by Gasteiger charge is 2.48. The van der Waals surface area contributed by atoms with E-state index in [9.17, 15) is 0 Å². The van der Waals surface area contributed by atoms with E-state index in [4.69, 9.17) is 9.47 Å². The van der Waals surface area contributed by atoms with E-state index in [1.54, 1.807) is 0 Å². The van der Waals surface area contributed by atoms with Gasteiger partial charge in [0.25, 0.3) is 0 Å². The minimum Gasteiger partial charge on any atom is -0.344 e. The van der Waals surface area contributed by atoms with Crippen molar-refractivity contribution in [1.82, 2.24) is 9.88 Å². The summed E-state index contributed by atoms with van der Waals surface area (Å²) in [5, 5.41) is 0. The van der Waals surface area contributed by atoms with E-state index >= 15 is 0 Å². The zero-order valence-corrected chi connectivity index (χ0v) is 33.3. The summed E-state index contributed by atoms with van der Waals surface area (Å²) in [6.45, 7) is 7.56. The average molecular weight is 703 g/mol. The van der Waals surface area contributed by atoms with Gasteiger partial charge in [0, 0.05) is 44.9 Å². The number of nitrogens with zero attached hydrogens (tertiary/aromatic N) is 2. The molecule has 0 bridgehead atoms. The Morgan fingerprint density at radius 3 is 1.61 bits per heavy atom. The number of hydrogen-bond donors (Lipinski definition) is 0. The Balaban J connectivity index is 1.31. The highest BCUT2D eigenvalue weighted by atomic mass is 16.8. The van der Waals surface area contributed by atoms with Gasteiger partial charge in [-0.05, 0) is 94.7 Å². The average Bonchev–Trinajstić information content (AvgIpc) is 3.51. The maximum Gasteiger partial charge on any atom is 0.169 e. The van der Waals surface area contributed by atoms with E-state index in [0.717, 1.165) is 51.7 Å². The maximum atomic E-state index is 6.96. The van der Waals surface area contributed by atoms with Gasteiger partial charge in [-0.1, -0.05) is 140 Å². The Morgan fingerprint density at radius 1 is 0.588 bits per heavy atom. The highest BCUT2D eigenvalue weighted by Crippen LogP contribution is 2.40. The fraction of sp³-hybridized carbons (Fsp3) is 0.723. The van der Waals surface area contributed by atoms with Crippen LogP contribution in [0.4, 0.5) is 0 Å². The molecule has 1 aromatic heterocycles. The van der Waals surface area contributed by atoms with Crippen molar-refractivity contribution in [3.8, 4) is 0 Å². The molecule has 3 rings (SSSR count). The van der Waals surface area contributed by atoms with Gasteiger partial charge in [0.2, 0.25) is 0 Å². The minimum absolute atomic E-state index is 0.199. The lowest BCUT2D eigenvalue weighted by Gasteiger charge is -2.32. The second-order valence-corrected chi connectivity index (χ2v) is 15.4. The molecule has 0 N–H and O–H groups in total. The number of fused-ring (bicyclic) bond motifs is 1. The molecule has 51 heavy (non-hydrogen) atoms. The Morgan fingerprint density at radius 2 is 1.06 bits per heavy atom. The lowest BCUT2D eigenvalue weighted by atomic mass is 9.98. The first kappa shape index (κ1) is 43.4. The summed E-state index contributed by atoms with van der Waals surface area (Å²) in [5.41, 5.74) is 1.33. The predicted octanol–water partition coefficient (Wildman–Crippen LogP) is 13.8. The molecule has 4 heteroatoms. The van der Waals surface area contributed by atoms with Gasteiger partial charge in [0.05, 0.1) is 12.2 Å². The summed E-state index contributed by atoms with van der Waals surface area (Å²) >= 11 is 0. The molecule has 0 saturated carbocycles. The van der Waals surface area contributed by atoms with Gasteiger partial charge in [-0.25, -0.2) is 0 Å². The molecule has 3 heterocycles. The molecule has 0 amide bonds. The summed E-state index contributed by atoms with van der Waals surface area (Å²) in [6.07, 6.45) is 55.7. The second kappa shape index (κ2) is 29.4. The standard InChI is InChI=1S/C47H78N2O2/c1-3-5-7-9-11-13-15-17-19-21-23-25-27-29-31-33-38-47(37-32-30-28-26-24-22-20-18-16-14-12-10-8-6-4-2)50-45-36-41-49(43-46(45)51-47)42-44-34-39-48-40-35-44/h10-13,16-19,34-35,39-40,45-46H,3-9,14-15,20-33,36-38,41-43H2,1-2H3/b12-10-,13-11-,18-16-,19-17-/t45-,46+,47?/m1/s1. The Hall–Kier alpha value is -2.01. The summed E-state index contributed by atoms with van der Waals surface area (Å²) < 4.78 is 13.9. The van der Waals surface area contributed by atoms with Crippen LogP contribution < -0.4 is 0 Å². The van der Waals surface area contributed by atoms with Crippen LogP contribution in [0.25, 0.3) is 0 Å².